The Morgan fingerprint density at radius 1 is 1.35 bits per heavy atom. The number of carbonyl (C=O) groups is 2. The largest absolute Gasteiger partial charge is 0.476 e. The third-order valence-electron chi connectivity index (χ3n) is 3.61. The van der Waals surface area contributed by atoms with Gasteiger partial charge in [0.15, 0.2) is 0 Å². The molecule has 0 aliphatic heterocycles. The van der Waals surface area contributed by atoms with E-state index in [9.17, 15) is 9.59 Å². The summed E-state index contributed by atoms with van der Waals surface area (Å²) in [7, 11) is 0. The first-order chi connectivity index (χ1) is 7.96. The van der Waals surface area contributed by atoms with Crippen molar-refractivity contribution >= 4 is 12.2 Å². The van der Waals surface area contributed by atoms with Crippen LogP contribution in [-0.4, -0.2) is 17.8 Å². The SMILES string of the molecule is CC1(C)C(C=O)C1(Oc1ccccc1)C(N)=O. The first-order valence-corrected chi connectivity index (χ1v) is 5.46. The Morgan fingerprint density at radius 2 is 1.94 bits per heavy atom. The summed E-state index contributed by atoms with van der Waals surface area (Å²) in [5.74, 6) is -0.542. The van der Waals surface area contributed by atoms with Crippen LogP contribution < -0.4 is 10.5 Å². The molecule has 0 bridgehead atoms. The van der Waals surface area contributed by atoms with Gasteiger partial charge in [-0.2, -0.15) is 0 Å². The van der Waals surface area contributed by atoms with Crippen molar-refractivity contribution in [2.24, 2.45) is 17.1 Å². The summed E-state index contributed by atoms with van der Waals surface area (Å²) >= 11 is 0. The van der Waals surface area contributed by atoms with E-state index < -0.39 is 22.8 Å². The van der Waals surface area contributed by atoms with Gasteiger partial charge in [-0.15, -0.1) is 0 Å². The van der Waals surface area contributed by atoms with Gasteiger partial charge in [-0.05, 0) is 12.1 Å². The lowest BCUT2D eigenvalue weighted by Gasteiger charge is -2.18. The van der Waals surface area contributed by atoms with Crippen LogP contribution in [0.4, 0.5) is 0 Å². The molecule has 1 aromatic carbocycles. The molecule has 0 spiro atoms. The maximum atomic E-state index is 11.6. The molecule has 0 heterocycles. The number of carbonyl (C=O) groups excluding carboxylic acids is 2. The molecule has 1 aromatic rings. The number of nitrogens with two attached hydrogens (primary N) is 1. The number of primary amides is 1. The third kappa shape index (κ3) is 1.44. The number of rotatable bonds is 4. The number of benzene rings is 1. The van der Waals surface area contributed by atoms with Gasteiger partial charge < -0.3 is 15.3 Å². The van der Waals surface area contributed by atoms with E-state index in [1.807, 2.05) is 6.07 Å². The topological polar surface area (TPSA) is 69.4 Å². The molecule has 4 heteroatoms. The highest BCUT2D eigenvalue weighted by atomic mass is 16.5. The normalized spacial score (nSPS) is 29.4. The lowest BCUT2D eigenvalue weighted by atomic mass is 10.1. The number of aldehydes is 1. The van der Waals surface area contributed by atoms with Crippen molar-refractivity contribution < 1.29 is 14.3 Å². The standard InChI is InChI=1S/C13H15NO3/c1-12(2)10(8-15)13(12,11(14)16)17-9-6-4-3-5-7-9/h3-8,10H,1-2H3,(H2,14,16). The fraction of sp³-hybridized carbons (Fsp3) is 0.385. The predicted octanol–water partition coefficient (Wildman–Crippen LogP) is 1.14. The molecule has 90 valence electrons. The average Bonchev–Trinajstić information content (AvgIpc) is 2.76. The minimum Gasteiger partial charge on any atom is -0.476 e. The summed E-state index contributed by atoms with van der Waals surface area (Å²) in [5, 5.41) is 0. The summed E-state index contributed by atoms with van der Waals surface area (Å²) in [4.78, 5) is 22.6. The molecule has 0 aromatic heterocycles. The number of amides is 1. The van der Waals surface area contributed by atoms with Crippen molar-refractivity contribution in [3.63, 3.8) is 0 Å². The van der Waals surface area contributed by atoms with Gasteiger partial charge in [-0.3, -0.25) is 4.79 Å². The van der Waals surface area contributed by atoms with Crippen molar-refractivity contribution in [2.45, 2.75) is 19.4 Å². The van der Waals surface area contributed by atoms with E-state index in [1.54, 1.807) is 38.1 Å². The van der Waals surface area contributed by atoms with Crippen LogP contribution in [0.1, 0.15) is 13.8 Å². The van der Waals surface area contributed by atoms with E-state index >= 15 is 0 Å². The second-order valence-corrected chi connectivity index (χ2v) is 4.85. The lowest BCUT2D eigenvalue weighted by molar-refractivity contribution is -0.129. The van der Waals surface area contributed by atoms with Crippen LogP contribution in [0.2, 0.25) is 0 Å². The Labute approximate surface area is 99.8 Å². The molecule has 1 aliphatic rings. The molecule has 4 nitrogen and oxygen atoms in total. The fourth-order valence-corrected chi connectivity index (χ4v) is 2.42. The van der Waals surface area contributed by atoms with E-state index in [0.717, 1.165) is 6.29 Å². The van der Waals surface area contributed by atoms with Crippen molar-refractivity contribution in [3.05, 3.63) is 30.3 Å². The van der Waals surface area contributed by atoms with Crippen LogP contribution in [0.5, 0.6) is 5.75 Å². The average molecular weight is 233 g/mol. The van der Waals surface area contributed by atoms with Crippen LogP contribution in [0.3, 0.4) is 0 Å². The molecule has 2 N–H and O–H groups in total. The maximum Gasteiger partial charge on any atom is 0.263 e. The molecule has 2 atom stereocenters. The van der Waals surface area contributed by atoms with Crippen LogP contribution in [0, 0.1) is 11.3 Å². The molecule has 2 unspecified atom stereocenters. The van der Waals surface area contributed by atoms with Gasteiger partial charge >= 0.3 is 0 Å². The number of hydrogen-bond donors (Lipinski definition) is 1. The van der Waals surface area contributed by atoms with Gasteiger partial charge in [-0.25, -0.2) is 0 Å². The maximum absolute atomic E-state index is 11.6. The second kappa shape index (κ2) is 3.58. The molecule has 1 fully saturated rings. The van der Waals surface area contributed by atoms with Crippen LogP contribution in [-0.2, 0) is 9.59 Å². The summed E-state index contributed by atoms with van der Waals surface area (Å²) in [5.41, 5.74) is 3.63. The zero-order valence-electron chi connectivity index (χ0n) is 9.84. The highest BCUT2D eigenvalue weighted by Gasteiger charge is 2.78. The molecule has 0 saturated heterocycles. The van der Waals surface area contributed by atoms with E-state index in [4.69, 9.17) is 10.5 Å². The molecule has 1 saturated carbocycles. The van der Waals surface area contributed by atoms with Gasteiger partial charge in [0.25, 0.3) is 5.91 Å². The molecule has 17 heavy (non-hydrogen) atoms. The molecule has 1 aliphatic carbocycles. The van der Waals surface area contributed by atoms with E-state index in [2.05, 4.69) is 0 Å². The smallest absolute Gasteiger partial charge is 0.263 e. The quantitative estimate of drug-likeness (QED) is 0.793. The number of ether oxygens (including phenoxy) is 1. The van der Waals surface area contributed by atoms with Crippen molar-refractivity contribution in [1.82, 2.24) is 0 Å². The molecule has 1 amide bonds. The monoisotopic (exact) mass is 233 g/mol. The van der Waals surface area contributed by atoms with Gasteiger partial charge in [0.1, 0.15) is 12.0 Å². The van der Waals surface area contributed by atoms with Crippen LogP contribution in [0.25, 0.3) is 0 Å². The molecule has 0 radical (unpaired) electrons. The van der Waals surface area contributed by atoms with Gasteiger partial charge in [0.2, 0.25) is 5.60 Å². The highest BCUT2D eigenvalue weighted by molar-refractivity contribution is 5.95. The minimum absolute atomic E-state index is 0.493. The van der Waals surface area contributed by atoms with Crippen LogP contribution >= 0.6 is 0 Å². The van der Waals surface area contributed by atoms with Crippen molar-refractivity contribution in [1.29, 1.82) is 0 Å². The number of hydrogen-bond acceptors (Lipinski definition) is 3. The lowest BCUT2D eigenvalue weighted by Crippen LogP contribution is -2.41. The summed E-state index contributed by atoms with van der Waals surface area (Å²) < 4.78 is 5.69. The van der Waals surface area contributed by atoms with Gasteiger partial charge in [0.05, 0.1) is 5.92 Å². The van der Waals surface area contributed by atoms with Gasteiger partial charge in [-0.1, -0.05) is 32.0 Å². The Balaban J connectivity index is 2.34. The molecular formula is C13H15NO3. The highest BCUT2D eigenvalue weighted by Crippen LogP contribution is 2.62. The van der Waals surface area contributed by atoms with Crippen LogP contribution in [0.15, 0.2) is 30.3 Å². The Morgan fingerprint density at radius 3 is 2.35 bits per heavy atom. The first kappa shape index (κ1) is 11.6. The van der Waals surface area contributed by atoms with Crippen molar-refractivity contribution in [3.8, 4) is 5.75 Å². The second-order valence-electron chi connectivity index (χ2n) is 4.85. The van der Waals surface area contributed by atoms with E-state index in [0.29, 0.717) is 5.75 Å². The van der Waals surface area contributed by atoms with E-state index in [1.165, 1.54) is 0 Å². The first-order valence-electron chi connectivity index (χ1n) is 5.46. The zero-order valence-corrected chi connectivity index (χ0v) is 9.84. The third-order valence-corrected chi connectivity index (χ3v) is 3.61. The summed E-state index contributed by atoms with van der Waals surface area (Å²) in [6, 6.07) is 8.92. The number of para-hydroxylation sites is 1. The van der Waals surface area contributed by atoms with Crippen molar-refractivity contribution in [2.75, 3.05) is 0 Å². The zero-order chi connectivity index (χ0) is 12.7. The Hall–Kier alpha value is -1.84. The molecule has 2 rings (SSSR count). The summed E-state index contributed by atoms with van der Waals surface area (Å²) in [6.07, 6.45) is 0.744. The molecular weight excluding hydrogens is 218 g/mol. The summed E-state index contributed by atoms with van der Waals surface area (Å²) in [6.45, 7) is 3.61. The Kier molecular flexibility index (Phi) is 2.45. The Bertz CT molecular complexity index is 455. The van der Waals surface area contributed by atoms with Gasteiger partial charge in [0, 0.05) is 5.41 Å². The predicted molar refractivity (Wildman–Crippen MR) is 62.3 cm³/mol. The fourth-order valence-electron chi connectivity index (χ4n) is 2.42. The van der Waals surface area contributed by atoms with E-state index in [-0.39, 0.29) is 0 Å². The minimum atomic E-state index is -1.21.